The Labute approximate surface area is 106 Å². The number of aliphatic hydroxyl groups is 1. The molecular weight excluding hydrogens is 234 g/mol. The summed E-state index contributed by atoms with van der Waals surface area (Å²) in [4.78, 5) is 10.7. The summed E-state index contributed by atoms with van der Waals surface area (Å²) in [5, 5.41) is 21.8. The van der Waals surface area contributed by atoms with Crippen molar-refractivity contribution in [1.29, 1.82) is 0 Å². The van der Waals surface area contributed by atoms with E-state index < -0.39 is 18.1 Å². The van der Waals surface area contributed by atoms with Crippen LogP contribution in [0.2, 0.25) is 0 Å². The van der Waals surface area contributed by atoms with Gasteiger partial charge in [-0.3, -0.25) is 10.1 Å². The summed E-state index contributed by atoms with van der Waals surface area (Å²) in [7, 11) is 1.56. The van der Waals surface area contributed by atoms with Gasteiger partial charge >= 0.3 is 5.97 Å². The van der Waals surface area contributed by atoms with Crippen molar-refractivity contribution >= 4 is 5.97 Å². The van der Waals surface area contributed by atoms with Crippen molar-refractivity contribution in [2.24, 2.45) is 0 Å². The maximum Gasteiger partial charge on any atom is 0.320 e. The van der Waals surface area contributed by atoms with Crippen LogP contribution in [0.4, 0.5) is 0 Å². The van der Waals surface area contributed by atoms with E-state index in [9.17, 15) is 9.90 Å². The van der Waals surface area contributed by atoms with Crippen molar-refractivity contribution in [1.82, 2.24) is 5.32 Å². The molecule has 0 heterocycles. The van der Waals surface area contributed by atoms with E-state index in [1.165, 1.54) is 6.92 Å². The van der Waals surface area contributed by atoms with Crippen LogP contribution in [0.5, 0.6) is 5.75 Å². The number of methoxy groups -OCH3 is 1. The number of carboxylic acids is 1. The van der Waals surface area contributed by atoms with Crippen molar-refractivity contribution in [2.75, 3.05) is 7.11 Å². The summed E-state index contributed by atoms with van der Waals surface area (Å²) in [6.45, 7) is 3.28. The molecule has 0 saturated heterocycles. The minimum absolute atomic E-state index is 0.372. The largest absolute Gasteiger partial charge is 0.497 e. The van der Waals surface area contributed by atoms with Crippen LogP contribution in [0.15, 0.2) is 24.3 Å². The van der Waals surface area contributed by atoms with Gasteiger partial charge in [-0.15, -0.1) is 0 Å². The van der Waals surface area contributed by atoms with Gasteiger partial charge in [0.05, 0.1) is 13.2 Å². The van der Waals surface area contributed by atoms with Gasteiger partial charge in [-0.2, -0.15) is 0 Å². The van der Waals surface area contributed by atoms with Crippen LogP contribution in [0, 0.1) is 0 Å². The first-order valence-corrected chi connectivity index (χ1v) is 5.76. The number of carbonyl (C=O) groups is 1. The molecule has 0 aliphatic carbocycles. The highest BCUT2D eigenvalue weighted by Crippen LogP contribution is 2.21. The van der Waals surface area contributed by atoms with E-state index >= 15 is 0 Å². The predicted molar refractivity (Wildman–Crippen MR) is 67.6 cm³/mol. The summed E-state index contributed by atoms with van der Waals surface area (Å²) in [6, 6.07) is 5.99. The fourth-order valence-electron chi connectivity index (χ4n) is 1.67. The number of aliphatic hydroxyl groups excluding tert-OH is 1. The Morgan fingerprint density at radius 1 is 1.39 bits per heavy atom. The minimum atomic E-state index is -0.945. The fourth-order valence-corrected chi connectivity index (χ4v) is 1.67. The van der Waals surface area contributed by atoms with E-state index in [1.54, 1.807) is 38.3 Å². The molecule has 0 aromatic heterocycles. The number of aliphatic carboxylic acids is 1. The van der Waals surface area contributed by atoms with Crippen LogP contribution < -0.4 is 10.1 Å². The van der Waals surface area contributed by atoms with E-state index in [0.717, 1.165) is 0 Å². The van der Waals surface area contributed by atoms with Crippen molar-refractivity contribution < 1.29 is 19.7 Å². The molecule has 100 valence electrons. The second-order valence-electron chi connectivity index (χ2n) is 4.24. The monoisotopic (exact) mass is 253 g/mol. The highest BCUT2D eigenvalue weighted by Gasteiger charge is 2.21. The second kappa shape index (κ2) is 6.37. The van der Waals surface area contributed by atoms with Gasteiger partial charge in [-0.05, 0) is 31.5 Å². The lowest BCUT2D eigenvalue weighted by molar-refractivity contribution is -0.139. The summed E-state index contributed by atoms with van der Waals surface area (Å²) in [5.74, 6) is -0.287. The Balaban J connectivity index is 2.73. The Hall–Kier alpha value is -1.59. The molecule has 0 spiro atoms. The number of hydrogen-bond donors (Lipinski definition) is 3. The van der Waals surface area contributed by atoms with Crippen LogP contribution in [0.3, 0.4) is 0 Å². The van der Waals surface area contributed by atoms with Crippen molar-refractivity contribution in [3.8, 4) is 5.75 Å². The van der Waals surface area contributed by atoms with E-state index in [1.807, 2.05) is 0 Å². The molecule has 0 radical (unpaired) electrons. The van der Waals surface area contributed by atoms with Crippen LogP contribution in [-0.4, -0.2) is 35.4 Å². The Morgan fingerprint density at radius 2 is 2.06 bits per heavy atom. The van der Waals surface area contributed by atoms with Crippen LogP contribution in [-0.2, 0) is 4.79 Å². The molecule has 3 atom stereocenters. The second-order valence-corrected chi connectivity index (χ2v) is 4.24. The van der Waals surface area contributed by atoms with Crippen LogP contribution in [0.25, 0.3) is 0 Å². The predicted octanol–water partition coefficient (Wildman–Crippen LogP) is 1.18. The first-order valence-electron chi connectivity index (χ1n) is 5.76. The molecule has 0 aliphatic heterocycles. The number of benzene rings is 1. The Morgan fingerprint density at radius 3 is 2.61 bits per heavy atom. The van der Waals surface area contributed by atoms with Gasteiger partial charge in [0, 0.05) is 6.04 Å². The van der Waals surface area contributed by atoms with Gasteiger partial charge in [0.1, 0.15) is 11.8 Å². The molecule has 0 fully saturated rings. The third-order valence-electron chi connectivity index (χ3n) is 2.79. The smallest absolute Gasteiger partial charge is 0.320 e. The van der Waals surface area contributed by atoms with Crippen LogP contribution >= 0.6 is 0 Å². The van der Waals surface area contributed by atoms with E-state index in [-0.39, 0.29) is 6.04 Å². The lowest BCUT2D eigenvalue weighted by Gasteiger charge is -2.23. The van der Waals surface area contributed by atoms with Crippen molar-refractivity contribution in [2.45, 2.75) is 32.0 Å². The lowest BCUT2D eigenvalue weighted by atomic mass is 10.0. The van der Waals surface area contributed by atoms with Crippen molar-refractivity contribution in [3.63, 3.8) is 0 Å². The van der Waals surface area contributed by atoms with Gasteiger partial charge in [0.2, 0.25) is 0 Å². The summed E-state index contributed by atoms with van der Waals surface area (Å²) < 4.78 is 5.08. The minimum Gasteiger partial charge on any atom is -0.497 e. The first kappa shape index (κ1) is 14.5. The van der Waals surface area contributed by atoms with Gasteiger partial charge in [-0.25, -0.2) is 0 Å². The normalized spacial score (nSPS) is 15.8. The number of hydrogen-bond acceptors (Lipinski definition) is 4. The van der Waals surface area contributed by atoms with Crippen LogP contribution in [0.1, 0.15) is 25.5 Å². The first-order chi connectivity index (χ1) is 8.45. The maximum atomic E-state index is 10.7. The molecule has 0 saturated carbocycles. The highest BCUT2D eigenvalue weighted by molar-refractivity contribution is 5.72. The number of carboxylic acid groups (broad SMARTS) is 1. The lowest BCUT2D eigenvalue weighted by Crippen LogP contribution is -2.42. The van der Waals surface area contributed by atoms with E-state index in [2.05, 4.69) is 5.32 Å². The third-order valence-corrected chi connectivity index (χ3v) is 2.79. The molecule has 5 nitrogen and oxygen atoms in total. The molecule has 1 rings (SSSR count). The number of nitrogens with one attached hydrogen (secondary N) is 1. The zero-order valence-electron chi connectivity index (χ0n) is 10.8. The average molecular weight is 253 g/mol. The topological polar surface area (TPSA) is 78.8 Å². The fraction of sp³-hybridized carbons (Fsp3) is 0.462. The number of rotatable bonds is 6. The molecule has 1 aromatic carbocycles. The number of ether oxygens (including phenoxy) is 1. The summed E-state index contributed by atoms with van der Waals surface area (Å²) in [5.41, 5.74) is 0.687. The molecule has 5 heteroatoms. The quantitative estimate of drug-likeness (QED) is 0.709. The van der Waals surface area contributed by atoms with Gasteiger partial charge in [-0.1, -0.05) is 12.1 Å². The molecule has 0 amide bonds. The molecule has 3 N–H and O–H groups in total. The molecule has 0 bridgehead atoms. The van der Waals surface area contributed by atoms with E-state index in [4.69, 9.17) is 9.84 Å². The molecule has 3 unspecified atom stereocenters. The standard InChI is InChI=1S/C13H19NO4/c1-8(14-9(2)13(16)17)12(15)10-5-4-6-11(7-10)18-3/h4-9,12,14-15H,1-3H3,(H,16,17). The summed E-state index contributed by atoms with van der Waals surface area (Å²) >= 11 is 0. The Kier molecular flexibility index (Phi) is 5.12. The van der Waals surface area contributed by atoms with Gasteiger partial charge in [0.25, 0.3) is 0 Å². The van der Waals surface area contributed by atoms with Gasteiger partial charge in [0.15, 0.2) is 0 Å². The third kappa shape index (κ3) is 3.72. The van der Waals surface area contributed by atoms with Gasteiger partial charge < -0.3 is 14.9 Å². The molecule has 18 heavy (non-hydrogen) atoms. The summed E-state index contributed by atoms with van der Waals surface area (Å²) in [6.07, 6.45) is -0.790. The van der Waals surface area contributed by atoms with Crippen molar-refractivity contribution in [3.05, 3.63) is 29.8 Å². The Bertz CT molecular complexity index is 408. The zero-order chi connectivity index (χ0) is 13.7. The zero-order valence-corrected chi connectivity index (χ0v) is 10.8. The van der Waals surface area contributed by atoms with E-state index in [0.29, 0.717) is 11.3 Å². The SMILES string of the molecule is COc1cccc(C(O)C(C)NC(C)C(=O)O)c1. The maximum absolute atomic E-state index is 10.7. The molecular formula is C13H19NO4. The highest BCUT2D eigenvalue weighted by atomic mass is 16.5. The average Bonchev–Trinajstić information content (AvgIpc) is 2.37. The molecule has 0 aliphatic rings. The molecule has 1 aromatic rings.